The summed E-state index contributed by atoms with van der Waals surface area (Å²) in [6.45, 7) is 4.45. The summed E-state index contributed by atoms with van der Waals surface area (Å²) in [6, 6.07) is 0. The second kappa shape index (κ2) is 33.2. The number of rotatable bonds is 33. The van der Waals surface area contributed by atoms with Crippen LogP contribution >= 0.6 is 0 Å². The third-order valence-corrected chi connectivity index (χ3v) is 8.22. The minimum absolute atomic E-state index is 0.00540. The van der Waals surface area contributed by atoms with Crippen molar-refractivity contribution in [1.29, 1.82) is 0 Å². The molecule has 0 saturated heterocycles. The van der Waals surface area contributed by atoms with Crippen molar-refractivity contribution in [2.45, 2.75) is 213 Å². The molecule has 0 aliphatic rings. The molecule has 0 rings (SSSR count). The van der Waals surface area contributed by atoms with Crippen LogP contribution in [0.1, 0.15) is 206 Å². The fourth-order valence-corrected chi connectivity index (χ4v) is 5.59. The Bertz CT molecular complexity index is 585. The zero-order valence-corrected chi connectivity index (χ0v) is 27.6. The van der Waals surface area contributed by atoms with Gasteiger partial charge in [-0.05, 0) is 57.8 Å². The molecule has 1 unspecified atom stereocenters. The van der Waals surface area contributed by atoms with Gasteiger partial charge in [0.25, 0.3) is 0 Å². The molecule has 1 atom stereocenters. The molecule has 0 radical (unpaired) electrons. The van der Waals surface area contributed by atoms with E-state index >= 15 is 0 Å². The Morgan fingerprint density at radius 2 is 0.927 bits per heavy atom. The second-order valence-corrected chi connectivity index (χ2v) is 12.4. The number of carboxylic acid groups (broad SMARTS) is 1. The van der Waals surface area contributed by atoms with Crippen LogP contribution in [0, 0.1) is 0 Å². The molecule has 0 amide bonds. The lowest BCUT2D eigenvalue weighted by Gasteiger charge is -2.17. The summed E-state index contributed by atoms with van der Waals surface area (Å²) < 4.78 is 5.83. The highest BCUT2D eigenvalue weighted by atomic mass is 16.5. The van der Waals surface area contributed by atoms with E-state index in [-0.39, 0.29) is 12.1 Å². The molecule has 1 N–H and O–H groups in total. The minimum atomic E-state index is -0.684. The molecule has 4 nitrogen and oxygen atoms in total. The van der Waals surface area contributed by atoms with E-state index in [0.717, 1.165) is 57.8 Å². The van der Waals surface area contributed by atoms with Crippen molar-refractivity contribution in [2.75, 3.05) is 0 Å². The Kier molecular flexibility index (Phi) is 32.1. The van der Waals surface area contributed by atoms with E-state index in [9.17, 15) is 9.59 Å². The third-order valence-electron chi connectivity index (χ3n) is 8.22. The topological polar surface area (TPSA) is 63.6 Å². The highest BCUT2D eigenvalue weighted by Crippen LogP contribution is 2.17. The van der Waals surface area contributed by atoms with Crippen LogP contribution < -0.4 is 0 Å². The van der Waals surface area contributed by atoms with Crippen LogP contribution in [-0.4, -0.2) is 23.1 Å². The predicted molar refractivity (Wildman–Crippen MR) is 177 cm³/mol. The van der Waals surface area contributed by atoms with E-state index in [1.165, 1.54) is 122 Å². The fraction of sp³-hybridized carbons (Fsp3) is 0.892. The lowest BCUT2D eigenvalue weighted by atomic mass is 10.0. The summed E-state index contributed by atoms with van der Waals surface area (Å²) in [5.41, 5.74) is 0. The molecule has 0 heterocycles. The Morgan fingerprint density at radius 3 is 1.39 bits per heavy atom. The van der Waals surface area contributed by atoms with E-state index in [1.807, 2.05) is 0 Å². The maximum Gasteiger partial charge on any atom is 0.306 e. The summed E-state index contributed by atoms with van der Waals surface area (Å²) in [5, 5.41) is 8.67. The monoisotopic (exact) mass is 579 g/mol. The van der Waals surface area contributed by atoms with E-state index < -0.39 is 5.97 Å². The molecule has 0 aromatic carbocycles. The number of aliphatic carboxylic acids is 1. The van der Waals surface area contributed by atoms with Crippen LogP contribution in [-0.2, 0) is 14.3 Å². The highest BCUT2D eigenvalue weighted by molar-refractivity contribution is 5.69. The molecule has 0 aliphatic heterocycles. The van der Waals surface area contributed by atoms with Gasteiger partial charge in [0.15, 0.2) is 0 Å². The molecule has 0 bridgehead atoms. The molecule has 0 aromatic rings. The van der Waals surface area contributed by atoms with Crippen molar-refractivity contribution >= 4 is 11.9 Å². The van der Waals surface area contributed by atoms with Gasteiger partial charge in [0, 0.05) is 12.8 Å². The first-order chi connectivity index (χ1) is 20.1. The van der Waals surface area contributed by atoms with E-state index in [0.29, 0.717) is 12.8 Å². The van der Waals surface area contributed by atoms with Crippen molar-refractivity contribution in [3.63, 3.8) is 0 Å². The van der Waals surface area contributed by atoms with Gasteiger partial charge in [0.1, 0.15) is 6.10 Å². The number of esters is 1. The number of carbonyl (C=O) groups excluding carboxylic acids is 1. The van der Waals surface area contributed by atoms with Gasteiger partial charge >= 0.3 is 11.9 Å². The Morgan fingerprint density at radius 1 is 0.512 bits per heavy atom. The third kappa shape index (κ3) is 33.1. The van der Waals surface area contributed by atoms with Crippen LogP contribution in [0.2, 0.25) is 0 Å². The van der Waals surface area contributed by atoms with Gasteiger partial charge in [-0.15, -0.1) is 0 Å². The highest BCUT2D eigenvalue weighted by Gasteiger charge is 2.13. The zero-order valence-electron chi connectivity index (χ0n) is 27.6. The quantitative estimate of drug-likeness (QED) is 0.0478. The van der Waals surface area contributed by atoms with E-state index in [2.05, 4.69) is 26.0 Å². The molecule has 0 aromatic heterocycles. The standard InChI is InChI=1S/C37H70O4/c1-3-5-6-7-8-9-10-11-12-13-14-15-16-17-18-19-24-27-30-34-37(40)41-35(31-4-2)32-28-25-22-20-21-23-26-29-33-36(38)39/h11-12,35H,3-10,13-34H2,1-2H3,(H,38,39)/b12-11-. The van der Waals surface area contributed by atoms with E-state index in [1.54, 1.807) is 0 Å². The summed E-state index contributed by atoms with van der Waals surface area (Å²) in [6.07, 6.45) is 40.0. The van der Waals surface area contributed by atoms with Crippen molar-refractivity contribution in [3.8, 4) is 0 Å². The number of unbranched alkanes of at least 4 members (excludes halogenated alkanes) is 22. The number of carbonyl (C=O) groups is 2. The first kappa shape index (κ1) is 39.7. The Balaban J connectivity index is 3.51. The molecular weight excluding hydrogens is 508 g/mol. The zero-order chi connectivity index (χ0) is 30.1. The van der Waals surface area contributed by atoms with Gasteiger partial charge in [-0.25, -0.2) is 0 Å². The average Bonchev–Trinajstić information content (AvgIpc) is 2.95. The largest absolute Gasteiger partial charge is 0.481 e. The molecule has 0 saturated carbocycles. The minimum Gasteiger partial charge on any atom is -0.481 e. The first-order valence-corrected chi connectivity index (χ1v) is 18.2. The number of allylic oxidation sites excluding steroid dienone is 2. The number of hydrogen-bond acceptors (Lipinski definition) is 3. The lowest BCUT2D eigenvalue weighted by Crippen LogP contribution is -2.18. The number of hydrogen-bond donors (Lipinski definition) is 1. The second-order valence-electron chi connectivity index (χ2n) is 12.4. The summed E-state index contributed by atoms with van der Waals surface area (Å²) in [5.74, 6) is -0.679. The summed E-state index contributed by atoms with van der Waals surface area (Å²) in [7, 11) is 0. The number of carboxylic acids is 1. The van der Waals surface area contributed by atoms with Gasteiger partial charge in [-0.2, -0.15) is 0 Å². The van der Waals surface area contributed by atoms with Crippen molar-refractivity contribution in [2.24, 2.45) is 0 Å². The van der Waals surface area contributed by atoms with Gasteiger partial charge in [0.05, 0.1) is 0 Å². The normalized spacial score (nSPS) is 12.2. The molecule has 0 fully saturated rings. The average molecular weight is 579 g/mol. The van der Waals surface area contributed by atoms with Gasteiger partial charge in [-0.1, -0.05) is 148 Å². The van der Waals surface area contributed by atoms with Crippen molar-refractivity contribution < 1.29 is 19.4 Å². The fourth-order valence-electron chi connectivity index (χ4n) is 5.59. The Labute approximate surface area is 255 Å². The lowest BCUT2D eigenvalue weighted by molar-refractivity contribution is -0.150. The van der Waals surface area contributed by atoms with Crippen molar-refractivity contribution in [1.82, 2.24) is 0 Å². The van der Waals surface area contributed by atoms with E-state index in [4.69, 9.17) is 9.84 Å². The maximum absolute atomic E-state index is 12.3. The SMILES string of the molecule is CCCCCCCC/C=C\CCCCCCCCCCCC(=O)OC(CCC)CCCCCCCCCCC(=O)O. The molecule has 41 heavy (non-hydrogen) atoms. The van der Waals surface area contributed by atoms with Crippen LogP contribution in [0.15, 0.2) is 12.2 Å². The molecular formula is C37H70O4. The first-order valence-electron chi connectivity index (χ1n) is 18.2. The van der Waals surface area contributed by atoms with Crippen LogP contribution in [0.25, 0.3) is 0 Å². The van der Waals surface area contributed by atoms with Crippen LogP contribution in [0.5, 0.6) is 0 Å². The van der Waals surface area contributed by atoms with Gasteiger partial charge < -0.3 is 9.84 Å². The maximum atomic E-state index is 12.3. The molecule has 0 aliphatic carbocycles. The van der Waals surface area contributed by atoms with Crippen LogP contribution in [0.3, 0.4) is 0 Å². The predicted octanol–water partition coefficient (Wildman–Crippen LogP) is 12.3. The summed E-state index contributed by atoms with van der Waals surface area (Å²) >= 11 is 0. The Hall–Kier alpha value is -1.32. The summed E-state index contributed by atoms with van der Waals surface area (Å²) in [4.78, 5) is 22.9. The van der Waals surface area contributed by atoms with Crippen LogP contribution in [0.4, 0.5) is 0 Å². The van der Waals surface area contributed by atoms with Gasteiger partial charge in [-0.3, -0.25) is 9.59 Å². The molecule has 242 valence electrons. The molecule has 4 heteroatoms. The number of ether oxygens (including phenoxy) is 1. The van der Waals surface area contributed by atoms with Crippen molar-refractivity contribution in [3.05, 3.63) is 12.2 Å². The smallest absolute Gasteiger partial charge is 0.306 e. The molecule has 0 spiro atoms. The van der Waals surface area contributed by atoms with Gasteiger partial charge in [0.2, 0.25) is 0 Å².